The SMILES string of the molecule is CCCCCNC(=O)C1CCN(C(=O)C2CCCC(N)C2)CC1.Cl. The highest BCUT2D eigenvalue weighted by molar-refractivity contribution is 5.85. The minimum atomic E-state index is 0. The topological polar surface area (TPSA) is 75.4 Å². The maximum atomic E-state index is 12.6. The number of nitrogens with one attached hydrogen (secondary N) is 1. The van der Waals surface area contributed by atoms with Crippen molar-refractivity contribution in [3.05, 3.63) is 0 Å². The van der Waals surface area contributed by atoms with Crippen LogP contribution in [-0.4, -0.2) is 42.4 Å². The zero-order chi connectivity index (χ0) is 16.7. The van der Waals surface area contributed by atoms with Crippen molar-refractivity contribution in [3.8, 4) is 0 Å². The van der Waals surface area contributed by atoms with Crippen LogP contribution < -0.4 is 11.1 Å². The predicted molar refractivity (Wildman–Crippen MR) is 99.0 cm³/mol. The molecule has 2 rings (SSSR count). The molecule has 5 nitrogen and oxygen atoms in total. The number of unbranched alkanes of at least 4 members (excludes halogenated alkanes) is 2. The van der Waals surface area contributed by atoms with Gasteiger partial charge in [0.1, 0.15) is 0 Å². The largest absolute Gasteiger partial charge is 0.356 e. The molecule has 2 fully saturated rings. The van der Waals surface area contributed by atoms with Crippen LogP contribution in [0.2, 0.25) is 0 Å². The second-order valence-corrected chi connectivity index (χ2v) is 7.22. The standard InChI is InChI=1S/C18H33N3O2.ClH/c1-2-3-4-10-20-17(22)14-8-11-21(12-9-14)18(23)15-6-5-7-16(19)13-15;/h14-16H,2-13,19H2,1H3,(H,20,22);1H. The van der Waals surface area contributed by atoms with Crippen molar-refractivity contribution >= 4 is 24.2 Å². The number of carbonyl (C=O) groups excluding carboxylic acids is 2. The number of likely N-dealkylation sites (tertiary alicyclic amines) is 1. The van der Waals surface area contributed by atoms with E-state index in [4.69, 9.17) is 5.73 Å². The number of nitrogens with two attached hydrogens (primary N) is 1. The first-order valence-corrected chi connectivity index (χ1v) is 9.44. The van der Waals surface area contributed by atoms with Gasteiger partial charge in [-0.2, -0.15) is 0 Å². The molecule has 0 radical (unpaired) electrons. The van der Waals surface area contributed by atoms with Crippen molar-refractivity contribution in [2.24, 2.45) is 17.6 Å². The first-order chi connectivity index (χ1) is 11.1. The van der Waals surface area contributed by atoms with E-state index in [9.17, 15) is 9.59 Å². The number of piperidine rings is 1. The molecule has 2 unspecified atom stereocenters. The molecule has 24 heavy (non-hydrogen) atoms. The molecular weight excluding hydrogens is 326 g/mol. The Hall–Kier alpha value is -0.810. The van der Waals surface area contributed by atoms with Crippen molar-refractivity contribution in [2.45, 2.75) is 70.8 Å². The number of hydrogen-bond acceptors (Lipinski definition) is 3. The number of carbonyl (C=O) groups is 2. The average molecular weight is 360 g/mol. The van der Waals surface area contributed by atoms with Gasteiger partial charge >= 0.3 is 0 Å². The minimum absolute atomic E-state index is 0. The Morgan fingerprint density at radius 1 is 1.08 bits per heavy atom. The molecule has 1 heterocycles. The molecule has 140 valence electrons. The number of rotatable bonds is 6. The summed E-state index contributed by atoms with van der Waals surface area (Å²) in [6, 6.07) is 0.184. The van der Waals surface area contributed by atoms with Crippen LogP contribution in [0.3, 0.4) is 0 Å². The van der Waals surface area contributed by atoms with Crippen LogP contribution in [-0.2, 0) is 9.59 Å². The number of nitrogens with zero attached hydrogens (tertiary/aromatic N) is 1. The van der Waals surface area contributed by atoms with E-state index in [1.54, 1.807) is 0 Å². The lowest BCUT2D eigenvalue weighted by atomic mass is 9.84. The van der Waals surface area contributed by atoms with Crippen LogP contribution in [0.15, 0.2) is 0 Å². The van der Waals surface area contributed by atoms with Gasteiger partial charge in [0.05, 0.1) is 0 Å². The zero-order valence-corrected chi connectivity index (χ0v) is 15.8. The third-order valence-corrected chi connectivity index (χ3v) is 5.32. The van der Waals surface area contributed by atoms with Crippen LogP contribution in [0.4, 0.5) is 0 Å². The molecule has 0 spiro atoms. The van der Waals surface area contributed by atoms with Gasteiger partial charge < -0.3 is 16.0 Å². The Bertz CT molecular complexity index is 398. The minimum Gasteiger partial charge on any atom is -0.356 e. The summed E-state index contributed by atoms with van der Waals surface area (Å²) in [4.78, 5) is 26.7. The van der Waals surface area contributed by atoms with Gasteiger partial charge in [-0.1, -0.05) is 26.2 Å². The Morgan fingerprint density at radius 3 is 2.42 bits per heavy atom. The summed E-state index contributed by atoms with van der Waals surface area (Å²) in [6.07, 6.45) is 8.90. The Morgan fingerprint density at radius 2 is 1.79 bits per heavy atom. The van der Waals surface area contributed by atoms with Gasteiger partial charge in [-0.05, 0) is 38.5 Å². The van der Waals surface area contributed by atoms with E-state index in [0.29, 0.717) is 0 Å². The predicted octanol–water partition coefficient (Wildman–Crippen LogP) is 2.47. The fraction of sp³-hybridized carbons (Fsp3) is 0.889. The number of hydrogen-bond donors (Lipinski definition) is 2. The maximum Gasteiger partial charge on any atom is 0.225 e. The lowest BCUT2D eigenvalue weighted by Crippen LogP contribution is -2.46. The Balaban J connectivity index is 0.00000288. The third-order valence-electron chi connectivity index (χ3n) is 5.32. The maximum absolute atomic E-state index is 12.6. The molecule has 2 amide bonds. The summed E-state index contributed by atoms with van der Waals surface area (Å²) < 4.78 is 0. The van der Waals surface area contributed by atoms with Crippen molar-refractivity contribution in [3.63, 3.8) is 0 Å². The summed E-state index contributed by atoms with van der Waals surface area (Å²) in [5.41, 5.74) is 6.00. The fourth-order valence-electron chi connectivity index (χ4n) is 3.80. The lowest BCUT2D eigenvalue weighted by molar-refractivity contribution is -0.140. The second-order valence-electron chi connectivity index (χ2n) is 7.22. The number of halogens is 1. The highest BCUT2D eigenvalue weighted by atomic mass is 35.5. The van der Waals surface area contributed by atoms with Crippen LogP contribution in [0.5, 0.6) is 0 Å². The average Bonchev–Trinajstić information content (AvgIpc) is 2.58. The summed E-state index contributed by atoms with van der Waals surface area (Å²) in [7, 11) is 0. The molecule has 0 aromatic heterocycles. The fourth-order valence-corrected chi connectivity index (χ4v) is 3.80. The molecule has 0 aromatic carbocycles. The van der Waals surface area contributed by atoms with E-state index in [1.165, 1.54) is 6.42 Å². The molecule has 1 saturated heterocycles. The van der Waals surface area contributed by atoms with Gasteiger partial charge in [-0.15, -0.1) is 12.4 Å². The van der Waals surface area contributed by atoms with Crippen molar-refractivity contribution < 1.29 is 9.59 Å². The molecule has 0 bridgehead atoms. The van der Waals surface area contributed by atoms with E-state index < -0.39 is 0 Å². The van der Waals surface area contributed by atoms with Gasteiger partial charge in [0.25, 0.3) is 0 Å². The molecule has 3 N–H and O–H groups in total. The van der Waals surface area contributed by atoms with Gasteiger partial charge in [0, 0.05) is 37.5 Å². The van der Waals surface area contributed by atoms with E-state index in [0.717, 1.165) is 71.0 Å². The van der Waals surface area contributed by atoms with Gasteiger partial charge in [0.2, 0.25) is 11.8 Å². The van der Waals surface area contributed by atoms with Gasteiger partial charge in [-0.3, -0.25) is 9.59 Å². The second kappa shape index (κ2) is 10.9. The molecule has 6 heteroatoms. The van der Waals surface area contributed by atoms with Gasteiger partial charge in [0.15, 0.2) is 0 Å². The molecule has 1 aliphatic heterocycles. The van der Waals surface area contributed by atoms with Crippen LogP contribution in [0.25, 0.3) is 0 Å². The van der Waals surface area contributed by atoms with E-state index in [1.807, 2.05) is 4.90 Å². The number of amides is 2. The summed E-state index contributed by atoms with van der Waals surface area (Å²) in [6.45, 7) is 4.38. The summed E-state index contributed by atoms with van der Waals surface area (Å²) in [5.74, 6) is 0.627. The third kappa shape index (κ3) is 6.25. The van der Waals surface area contributed by atoms with Crippen LogP contribution >= 0.6 is 12.4 Å². The van der Waals surface area contributed by atoms with E-state index >= 15 is 0 Å². The van der Waals surface area contributed by atoms with Crippen LogP contribution in [0, 0.1) is 11.8 Å². The summed E-state index contributed by atoms with van der Waals surface area (Å²) in [5, 5.41) is 3.04. The van der Waals surface area contributed by atoms with E-state index in [2.05, 4.69) is 12.2 Å². The lowest BCUT2D eigenvalue weighted by Gasteiger charge is -2.35. The molecular formula is C18H34ClN3O2. The van der Waals surface area contributed by atoms with E-state index in [-0.39, 0.29) is 42.1 Å². The quantitative estimate of drug-likeness (QED) is 0.715. The molecule has 2 aliphatic rings. The first kappa shape index (κ1) is 21.2. The normalized spacial score (nSPS) is 25.0. The van der Waals surface area contributed by atoms with Gasteiger partial charge in [-0.25, -0.2) is 0 Å². The highest BCUT2D eigenvalue weighted by Gasteiger charge is 2.32. The molecule has 0 aromatic rings. The highest BCUT2D eigenvalue weighted by Crippen LogP contribution is 2.27. The smallest absolute Gasteiger partial charge is 0.225 e. The van der Waals surface area contributed by atoms with Crippen molar-refractivity contribution in [1.29, 1.82) is 0 Å². The summed E-state index contributed by atoms with van der Waals surface area (Å²) >= 11 is 0. The Labute approximate surface area is 152 Å². The first-order valence-electron chi connectivity index (χ1n) is 9.44. The van der Waals surface area contributed by atoms with Crippen LogP contribution in [0.1, 0.15) is 64.7 Å². The van der Waals surface area contributed by atoms with Crippen molar-refractivity contribution in [1.82, 2.24) is 10.2 Å². The zero-order valence-electron chi connectivity index (χ0n) is 15.0. The van der Waals surface area contributed by atoms with Crippen molar-refractivity contribution in [2.75, 3.05) is 19.6 Å². The molecule has 1 saturated carbocycles. The monoisotopic (exact) mass is 359 g/mol. The molecule has 1 aliphatic carbocycles. The Kier molecular flexibility index (Phi) is 9.67. The molecule has 2 atom stereocenters.